The Morgan fingerprint density at radius 1 is 1.29 bits per heavy atom. The van der Waals surface area contributed by atoms with Crippen LogP contribution in [0, 0.1) is 5.82 Å². The standard InChI is InChI=1S/C9H11FO3S/c1-2-12-14(11)13-7-8-3-5-9(10)6-4-8/h3-6H,2,7H2,1H3. The summed E-state index contributed by atoms with van der Waals surface area (Å²) in [4.78, 5) is 0. The second kappa shape index (κ2) is 5.85. The molecule has 78 valence electrons. The summed E-state index contributed by atoms with van der Waals surface area (Å²) >= 11 is -1.72. The van der Waals surface area contributed by atoms with Gasteiger partial charge in [0.2, 0.25) is 0 Å². The second-order valence-corrected chi connectivity index (χ2v) is 3.38. The van der Waals surface area contributed by atoms with E-state index in [-0.39, 0.29) is 12.4 Å². The summed E-state index contributed by atoms with van der Waals surface area (Å²) in [6.45, 7) is 2.20. The van der Waals surface area contributed by atoms with Crippen LogP contribution in [0.4, 0.5) is 4.39 Å². The Morgan fingerprint density at radius 2 is 1.93 bits per heavy atom. The normalized spacial score (nSPS) is 12.7. The van der Waals surface area contributed by atoms with Crippen molar-refractivity contribution in [3.63, 3.8) is 0 Å². The van der Waals surface area contributed by atoms with E-state index in [9.17, 15) is 8.60 Å². The van der Waals surface area contributed by atoms with Crippen molar-refractivity contribution in [2.45, 2.75) is 13.5 Å². The van der Waals surface area contributed by atoms with E-state index >= 15 is 0 Å². The molecule has 1 aromatic carbocycles. The van der Waals surface area contributed by atoms with E-state index in [1.165, 1.54) is 12.1 Å². The molecule has 0 aliphatic heterocycles. The minimum absolute atomic E-state index is 0.146. The first-order chi connectivity index (χ1) is 6.72. The third-order valence-corrected chi connectivity index (χ3v) is 2.19. The predicted molar refractivity (Wildman–Crippen MR) is 51.0 cm³/mol. The highest BCUT2D eigenvalue weighted by atomic mass is 32.2. The lowest BCUT2D eigenvalue weighted by Gasteiger charge is -2.01. The summed E-state index contributed by atoms with van der Waals surface area (Å²) in [6, 6.07) is 5.78. The first kappa shape index (κ1) is 11.3. The molecule has 1 unspecified atom stereocenters. The lowest BCUT2D eigenvalue weighted by Crippen LogP contribution is -2.01. The molecule has 1 aromatic rings. The molecule has 0 fully saturated rings. The van der Waals surface area contributed by atoms with Crippen LogP contribution in [-0.2, 0) is 26.3 Å². The zero-order valence-electron chi connectivity index (χ0n) is 7.73. The van der Waals surface area contributed by atoms with Crippen LogP contribution in [0.25, 0.3) is 0 Å². The third-order valence-electron chi connectivity index (χ3n) is 1.45. The molecule has 1 rings (SSSR count). The monoisotopic (exact) mass is 218 g/mol. The van der Waals surface area contributed by atoms with Gasteiger partial charge in [-0.05, 0) is 24.6 Å². The Hall–Kier alpha value is -0.780. The topological polar surface area (TPSA) is 35.5 Å². The molecular formula is C9H11FO3S. The maximum Gasteiger partial charge on any atom is 0.304 e. The van der Waals surface area contributed by atoms with Crippen molar-refractivity contribution < 1.29 is 17.0 Å². The van der Waals surface area contributed by atoms with Gasteiger partial charge >= 0.3 is 11.4 Å². The maximum atomic E-state index is 12.5. The van der Waals surface area contributed by atoms with Crippen molar-refractivity contribution in [1.29, 1.82) is 0 Å². The van der Waals surface area contributed by atoms with Crippen LogP contribution in [0.3, 0.4) is 0 Å². The van der Waals surface area contributed by atoms with E-state index in [0.717, 1.165) is 5.56 Å². The Labute approximate surface area is 84.7 Å². The van der Waals surface area contributed by atoms with E-state index in [2.05, 4.69) is 4.18 Å². The number of hydrogen-bond donors (Lipinski definition) is 0. The number of rotatable bonds is 5. The number of halogens is 1. The molecule has 0 N–H and O–H groups in total. The van der Waals surface area contributed by atoms with Gasteiger partial charge in [0.05, 0.1) is 13.2 Å². The molecule has 0 spiro atoms. The molecule has 14 heavy (non-hydrogen) atoms. The van der Waals surface area contributed by atoms with E-state index in [1.54, 1.807) is 19.1 Å². The molecular weight excluding hydrogens is 207 g/mol. The molecule has 0 heterocycles. The summed E-state index contributed by atoms with van der Waals surface area (Å²) in [7, 11) is 0. The maximum absolute atomic E-state index is 12.5. The highest BCUT2D eigenvalue weighted by Gasteiger charge is 2.00. The third kappa shape index (κ3) is 3.95. The Bertz CT molecular complexity index is 299. The highest BCUT2D eigenvalue weighted by molar-refractivity contribution is 7.75. The van der Waals surface area contributed by atoms with E-state index in [1.807, 2.05) is 0 Å². The first-order valence-corrected chi connectivity index (χ1v) is 5.15. The zero-order chi connectivity index (χ0) is 10.4. The molecule has 1 atom stereocenters. The summed E-state index contributed by atoms with van der Waals surface area (Å²) < 4.78 is 32.9. The number of benzene rings is 1. The smallest absolute Gasteiger partial charge is 0.269 e. The van der Waals surface area contributed by atoms with E-state index < -0.39 is 11.4 Å². The molecule has 5 heteroatoms. The van der Waals surface area contributed by atoms with Crippen molar-refractivity contribution in [3.8, 4) is 0 Å². The minimum atomic E-state index is -1.72. The van der Waals surface area contributed by atoms with Crippen LogP contribution in [-0.4, -0.2) is 10.8 Å². The predicted octanol–water partition coefficient (Wildman–Crippen LogP) is 1.96. The minimum Gasteiger partial charge on any atom is -0.269 e. The molecule has 0 aromatic heterocycles. The second-order valence-electron chi connectivity index (χ2n) is 2.50. The quantitative estimate of drug-likeness (QED) is 0.757. The van der Waals surface area contributed by atoms with Crippen molar-refractivity contribution in [2.75, 3.05) is 6.61 Å². The number of hydrogen-bond acceptors (Lipinski definition) is 3. The van der Waals surface area contributed by atoms with Crippen molar-refractivity contribution >= 4 is 11.4 Å². The Morgan fingerprint density at radius 3 is 2.50 bits per heavy atom. The van der Waals surface area contributed by atoms with Gasteiger partial charge in [-0.1, -0.05) is 12.1 Å². The Balaban J connectivity index is 2.38. The molecule has 0 saturated carbocycles. The largest absolute Gasteiger partial charge is 0.304 e. The van der Waals surface area contributed by atoms with Crippen LogP contribution in [0.2, 0.25) is 0 Å². The zero-order valence-corrected chi connectivity index (χ0v) is 8.55. The van der Waals surface area contributed by atoms with Gasteiger partial charge in [-0.3, -0.25) is 8.37 Å². The summed E-state index contributed by atoms with van der Waals surface area (Å²) in [5.74, 6) is -0.306. The lowest BCUT2D eigenvalue weighted by atomic mass is 10.2. The molecule has 0 radical (unpaired) electrons. The van der Waals surface area contributed by atoms with Crippen molar-refractivity contribution in [3.05, 3.63) is 35.6 Å². The van der Waals surface area contributed by atoms with Gasteiger partial charge in [0, 0.05) is 0 Å². The van der Waals surface area contributed by atoms with Crippen LogP contribution in [0.15, 0.2) is 24.3 Å². The Kier molecular flexibility index (Phi) is 4.72. The average Bonchev–Trinajstić information content (AvgIpc) is 2.17. The van der Waals surface area contributed by atoms with Gasteiger partial charge in [0.1, 0.15) is 5.82 Å². The van der Waals surface area contributed by atoms with E-state index in [4.69, 9.17) is 4.18 Å². The summed E-state index contributed by atoms with van der Waals surface area (Å²) in [5.41, 5.74) is 0.749. The van der Waals surface area contributed by atoms with Gasteiger partial charge in [-0.2, -0.15) is 4.21 Å². The molecule has 0 bridgehead atoms. The fourth-order valence-corrected chi connectivity index (χ4v) is 1.32. The highest BCUT2D eigenvalue weighted by Crippen LogP contribution is 2.05. The molecule has 0 aliphatic rings. The van der Waals surface area contributed by atoms with Gasteiger partial charge in [-0.15, -0.1) is 0 Å². The van der Waals surface area contributed by atoms with Gasteiger partial charge in [0.15, 0.2) is 0 Å². The van der Waals surface area contributed by atoms with Crippen molar-refractivity contribution in [1.82, 2.24) is 0 Å². The summed E-state index contributed by atoms with van der Waals surface area (Å²) in [6.07, 6.45) is 0. The average molecular weight is 218 g/mol. The van der Waals surface area contributed by atoms with Crippen molar-refractivity contribution in [2.24, 2.45) is 0 Å². The first-order valence-electron chi connectivity index (χ1n) is 4.15. The van der Waals surface area contributed by atoms with Gasteiger partial charge < -0.3 is 0 Å². The van der Waals surface area contributed by atoms with Crippen LogP contribution < -0.4 is 0 Å². The van der Waals surface area contributed by atoms with Crippen LogP contribution in [0.5, 0.6) is 0 Å². The molecule has 0 amide bonds. The SMILES string of the molecule is CCOS(=O)OCc1ccc(F)cc1. The molecule has 3 nitrogen and oxygen atoms in total. The van der Waals surface area contributed by atoms with Crippen LogP contribution in [0.1, 0.15) is 12.5 Å². The fourth-order valence-electron chi connectivity index (χ4n) is 0.827. The lowest BCUT2D eigenvalue weighted by molar-refractivity contribution is 0.251. The molecule has 0 saturated heterocycles. The summed E-state index contributed by atoms with van der Waals surface area (Å²) in [5, 5.41) is 0. The fraction of sp³-hybridized carbons (Fsp3) is 0.333. The van der Waals surface area contributed by atoms with E-state index in [0.29, 0.717) is 6.61 Å². The van der Waals surface area contributed by atoms with Crippen LogP contribution >= 0.6 is 0 Å². The van der Waals surface area contributed by atoms with Gasteiger partial charge in [-0.25, -0.2) is 4.39 Å². The molecule has 0 aliphatic carbocycles. The van der Waals surface area contributed by atoms with Gasteiger partial charge in [0.25, 0.3) is 0 Å².